The lowest BCUT2D eigenvalue weighted by atomic mass is 10.3. The molecule has 0 aromatic heterocycles. The second kappa shape index (κ2) is 8.13. The van der Waals surface area contributed by atoms with Crippen molar-refractivity contribution >= 4 is 5.97 Å². The van der Waals surface area contributed by atoms with E-state index in [1.54, 1.807) is 0 Å². The van der Waals surface area contributed by atoms with Crippen LogP contribution in [-0.4, -0.2) is 12.6 Å². The molecule has 12 heavy (non-hydrogen) atoms. The summed E-state index contributed by atoms with van der Waals surface area (Å²) >= 11 is 0. The SMILES string of the molecule is CCCC#CCOC(=O)CCC. The van der Waals surface area contributed by atoms with Gasteiger partial charge in [-0.15, -0.1) is 0 Å². The van der Waals surface area contributed by atoms with Gasteiger partial charge in [0.05, 0.1) is 0 Å². The van der Waals surface area contributed by atoms with E-state index in [1.807, 2.05) is 6.92 Å². The lowest BCUT2D eigenvalue weighted by Crippen LogP contribution is -2.03. The number of esters is 1. The second-order valence-corrected chi connectivity index (χ2v) is 2.51. The van der Waals surface area contributed by atoms with E-state index in [2.05, 4.69) is 18.8 Å². The number of carbonyl (C=O) groups excluding carboxylic acids is 1. The highest BCUT2D eigenvalue weighted by atomic mass is 16.5. The van der Waals surface area contributed by atoms with Gasteiger partial charge in [-0.05, 0) is 12.8 Å². The summed E-state index contributed by atoms with van der Waals surface area (Å²) in [6.07, 6.45) is 3.26. The lowest BCUT2D eigenvalue weighted by molar-refractivity contribution is -0.142. The smallest absolute Gasteiger partial charge is 0.306 e. The van der Waals surface area contributed by atoms with E-state index in [9.17, 15) is 4.79 Å². The van der Waals surface area contributed by atoms with Crippen molar-refractivity contribution in [2.45, 2.75) is 39.5 Å². The maximum absolute atomic E-state index is 10.8. The Morgan fingerprint density at radius 3 is 2.58 bits per heavy atom. The molecule has 0 unspecified atom stereocenters. The van der Waals surface area contributed by atoms with E-state index >= 15 is 0 Å². The zero-order valence-corrected chi connectivity index (χ0v) is 7.85. The molecule has 68 valence electrons. The van der Waals surface area contributed by atoms with E-state index in [0.717, 1.165) is 19.3 Å². The molecule has 0 rings (SSSR count). The fraction of sp³-hybridized carbons (Fsp3) is 0.700. The van der Waals surface area contributed by atoms with Crippen LogP contribution in [0.5, 0.6) is 0 Å². The van der Waals surface area contributed by atoms with Crippen LogP contribution in [0.15, 0.2) is 0 Å². The van der Waals surface area contributed by atoms with Crippen molar-refractivity contribution in [2.24, 2.45) is 0 Å². The van der Waals surface area contributed by atoms with Crippen molar-refractivity contribution in [1.29, 1.82) is 0 Å². The number of carbonyl (C=O) groups is 1. The lowest BCUT2D eigenvalue weighted by Gasteiger charge is -1.96. The average molecular weight is 168 g/mol. The Kier molecular flexibility index (Phi) is 7.47. The van der Waals surface area contributed by atoms with Crippen LogP contribution in [0, 0.1) is 11.8 Å². The molecular weight excluding hydrogens is 152 g/mol. The zero-order valence-electron chi connectivity index (χ0n) is 7.85. The standard InChI is InChI=1S/C10H16O2/c1-3-5-6-7-9-12-10(11)8-4-2/h3-5,8-9H2,1-2H3. The minimum atomic E-state index is -0.150. The van der Waals surface area contributed by atoms with Gasteiger partial charge in [0.15, 0.2) is 6.61 Å². The van der Waals surface area contributed by atoms with Crippen molar-refractivity contribution in [1.82, 2.24) is 0 Å². The maximum atomic E-state index is 10.8. The number of ether oxygens (including phenoxy) is 1. The topological polar surface area (TPSA) is 26.3 Å². The first kappa shape index (κ1) is 11.0. The number of hydrogen-bond acceptors (Lipinski definition) is 2. The van der Waals surface area contributed by atoms with Crippen LogP contribution in [-0.2, 0) is 9.53 Å². The molecule has 0 radical (unpaired) electrons. The van der Waals surface area contributed by atoms with Crippen LogP contribution in [0.25, 0.3) is 0 Å². The fourth-order valence-corrected chi connectivity index (χ4v) is 0.657. The highest BCUT2D eigenvalue weighted by Gasteiger charge is 1.96. The predicted octanol–water partition coefficient (Wildman–Crippen LogP) is 2.13. The molecule has 0 aliphatic rings. The van der Waals surface area contributed by atoms with Gasteiger partial charge in [-0.1, -0.05) is 25.7 Å². The molecule has 0 aliphatic heterocycles. The first-order valence-electron chi connectivity index (χ1n) is 4.42. The van der Waals surface area contributed by atoms with Crippen LogP contribution >= 0.6 is 0 Å². The predicted molar refractivity (Wildman–Crippen MR) is 48.6 cm³/mol. The van der Waals surface area contributed by atoms with E-state index in [1.165, 1.54) is 0 Å². The largest absolute Gasteiger partial charge is 0.452 e. The summed E-state index contributed by atoms with van der Waals surface area (Å²) in [6, 6.07) is 0. The van der Waals surface area contributed by atoms with Crippen LogP contribution in [0.1, 0.15) is 39.5 Å². The van der Waals surface area contributed by atoms with Crippen molar-refractivity contribution in [3.05, 3.63) is 0 Å². The number of rotatable bonds is 4. The molecule has 0 aliphatic carbocycles. The van der Waals surface area contributed by atoms with Crippen molar-refractivity contribution < 1.29 is 9.53 Å². The van der Waals surface area contributed by atoms with Gasteiger partial charge in [-0.25, -0.2) is 0 Å². The number of unbranched alkanes of at least 4 members (excludes halogenated alkanes) is 1. The molecule has 0 fully saturated rings. The van der Waals surface area contributed by atoms with Gasteiger partial charge in [0.2, 0.25) is 0 Å². The van der Waals surface area contributed by atoms with E-state index in [4.69, 9.17) is 4.74 Å². The number of hydrogen-bond donors (Lipinski definition) is 0. The molecule has 0 saturated carbocycles. The molecule has 0 amide bonds. The molecule has 0 saturated heterocycles. The summed E-state index contributed by atoms with van der Waals surface area (Å²) in [6.45, 7) is 4.26. The molecular formula is C10H16O2. The van der Waals surface area contributed by atoms with Gasteiger partial charge >= 0.3 is 5.97 Å². The normalized spacial score (nSPS) is 8.50. The molecule has 0 atom stereocenters. The Morgan fingerprint density at radius 2 is 2.00 bits per heavy atom. The van der Waals surface area contributed by atoms with Gasteiger partial charge in [0, 0.05) is 12.8 Å². The maximum Gasteiger partial charge on any atom is 0.306 e. The van der Waals surface area contributed by atoms with Crippen LogP contribution < -0.4 is 0 Å². The average Bonchev–Trinajstić information content (AvgIpc) is 2.05. The highest BCUT2D eigenvalue weighted by molar-refractivity contribution is 5.69. The van der Waals surface area contributed by atoms with Crippen LogP contribution in [0.4, 0.5) is 0 Å². The van der Waals surface area contributed by atoms with Crippen molar-refractivity contribution in [3.63, 3.8) is 0 Å². The van der Waals surface area contributed by atoms with Gasteiger partial charge in [0.1, 0.15) is 0 Å². The Bertz CT molecular complexity index is 174. The van der Waals surface area contributed by atoms with E-state index in [-0.39, 0.29) is 12.6 Å². The minimum Gasteiger partial charge on any atom is -0.452 e. The van der Waals surface area contributed by atoms with Crippen LogP contribution in [0.3, 0.4) is 0 Å². The first-order valence-corrected chi connectivity index (χ1v) is 4.42. The molecule has 0 bridgehead atoms. The molecule has 0 N–H and O–H groups in total. The molecule has 0 aromatic rings. The van der Waals surface area contributed by atoms with E-state index in [0.29, 0.717) is 6.42 Å². The summed E-state index contributed by atoms with van der Waals surface area (Å²) in [7, 11) is 0. The molecule has 2 nitrogen and oxygen atoms in total. The van der Waals surface area contributed by atoms with Gasteiger partial charge in [-0.3, -0.25) is 4.79 Å². The summed E-state index contributed by atoms with van der Waals surface area (Å²) in [4.78, 5) is 10.8. The van der Waals surface area contributed by atoms with Crippen LogP contribution in [0.2, 0.25) is 0 Å². The second-order valence-electron chi connectivity index (χ2n) is 2.51. The molecule has 0 heterocycles. The Balaban J connectivity index is 3.31. The van der Waals surface area contributed by atoms with Crippen molar-refractivity contribution in [2.75, 3.05) is 6.61 Å². The van der Waals surface area contributed by atoms with Gasteiger partial charge < -0.3 is 4.74 Å². The highest BCUT2D eigenvalue weighted by Crippen LogP contribution is 1.90. The van der Waals surface area contributed by atoms with Gasteiger partial charge in [0.25, 0.3) is 0 Å². The Hall–Kier alpha value is -0.970. The molecule has 2 heteroatoms. The third-order valence-electron chi connectivity index (χ3n) is 1.26. The summed E-state index contributed by atoms with van der Waals surface area (Å²) in [5, 5.41) is 0. The molecule has 0 aromatic carbocycles. The fourth-order valence-electron chi connectivity index (χ4n) is 0.657. The Labute approximate surface area is 74.3 Å². The third-order valence-corrected chi connectivity index (χ3v) is 1.26. The zero-order chi connectivity index (χ0) is 9.23. The van der Waals surface area contributed by atoms with Crippen molar-refractivity contribution in [3.8, 4) is 11.8 Å². The third kappa shape index (κ3) is 7.14. The summed E-state index contributed by atoms with van der Waals surface area (Å²) in [5.74, 6) is 5.54. The monoisotopic (exact) mass is 168 g/mol. The van der Waals surface area contributed by atoms with E-state index < -0.39 is 0 Å². The van der Waals surface area contributed by atoms with Gasteiger partial charge in [-0.2, -0.15) is 0 Å². The molecule has 0 spiro atoms. The first-order chi connectivity index (χ1) is 5.81. The summed E-state index contributed by atoms with van der Waals surface area (Å²) in [5.41, 5.74) is 0. The minimum absolute atomic E-state index is 0.150. The Morgan fingerprint density at radius 1 is 1.25 bits per heavy atom. The summed E-state index contributed by atoms with van der Waals surface area (Å²) < 4.78 is 4.82. The quantitative estimate of drug-likeness (QED) is 0.475.